The van der Waals surface area contributed by atoms with Gasteiger partial charge in [-0.15, -0.1) is 5.10 Å². The van der Waals surface area contributed by atoms with Crippen molar-refractivity contribution in [3.8, 4) is 5.75 Å². The fourth-order valence-corrected chi connectivity index (χ4v) is 6.53. The van der Waals surface area contributed by atoms with Gasteiger partial charge in [-0.2, -0.15) is 0 Å². The number of hydrogen-bond acceptors (Lipinski definition) is 6. The van der Waals surface area contributed by atoms with E-state index < -0.39 is 11.4 Å². The van der Waals surface area contributed by atoms with E-state index in [-0.39, 0.29) is 12.0 Å². The zero-order valence-corrected chi connectivity index (χ0v) is 25.8. The van der Waals surface area contributed by atoms with E-state index in [0.717, 1.165) is 70.3 Å². The van der Waals surface area contributed by atoms with Crippen molar-refractivity contribution in [2.75, 3.05) is 6.54 Å². The Morgan fingerprint density at radius 1 is 1.14 bits per heavy atom. The lowest BCUT2D eigenvalue weighted by atomic mass is 9.69. The molecule has 8 nitrogen and oxygen atoms in total. The van der Waals surface area contributed by atoms with Gasteiger partial charge in [-0.3, -0.25) is 14.7 Å². The minimum Gasteiger partial charge on any atom is -0.488 e. The number of nitrogens with zero attached hydrogens (tertiary/aromatic N) is 5. The molecule has 0 radical (unpaired) electrons. The molecule has 1 unspecified atom stereocenters. The molecule has 8 heteroatoms. The molecule has 0 aliphatic carbocycles. The highest BCUT2D eigenvalue weighted by atomic mass is 16.5. The molecule has 222 valence electrons. The Hall–Kier alpha value is -4.30. The Morgan fingerprint density at radius 2 is 1.95 bits per heavy atom. The highest BCUT2D eigenvalue weighted by Crippen LogP contribution is 2.44. The van der Waals surface area contributed by atoms with E-state index in [1.807, 2.05) is 58.4 Å². The largest absolute Gasteiger partial charge is 0.488 e. The fraction of sp³-hybridized carbons (Fsp3) is 0.371. The third-order valence-corrected chi connectivity index (χ3v) is 9.21. The van der Waals surface area contributed by atoms with Crippen molar-refractivity contribution in [1.82, 2.24) is 24.9 Å². The van der Waals surface area contributed by atoms with Crippen LogP contribution in [0.5, 0.6) is 5.75 Å². The van der Waals surface area contributed by atoms with Crippen LogP contribution in [-0.4, -0.2) is 48.6 Å². The maximum absolute atomic E-state index is 12.7. The summed E-state index contributed by atoms with van der Waals surface area (Å²) < 4.78 is 8.36. The van der Waals surface area contributed by atoms with Crippen molar-refractivity contribution in [2.45, 2.75) is 66.2 Å². The highest BCUT2D eigenvalue weighted by Gasteiger charge is 2.40. The number of carboxylic acids is 1. The standard InChI is InChI=1S/C35H39N5O3/c1-7-27-20-40(18-25-11-10-24-17-36-15-14-29(24)33(25)43-27)19-26-16-23(9-8-21(26)2)31(35(4,5)34(41)42)28-12-13-30-32(22(28)3)37-38-39(30)6/h8-17,27,31H,7,18-20H2,1-6H3,(H,41,42)/t27-,31?/m1/s1. The monoisotopic (exact) mass is 577 g/mol. The maximum Gasteiger partial charge on any atom is 0.310 e. The summed E-state index contributed by atoms with van der Waals surface area (Å²) in [4.78, 5) is 19.5. The predicted octanol–water partition coefficient (Wildman–Crippen LogP) is 6.55. The smallest absolute Gasteiger partial charge is 0.310 e. The van der Waals surface area contributed by atoms with E-state index in [0.29, 0.717) is 0 Å². The zero-order valence-electron chi connectivity index (χ0n) is 25.8. The summed E-state index contributed by atoms with van der Waals surface area (Å²) in [5.41, 5.74) is 7.10. The molecule has 1 N–H and O–H groups in total. The Labute approximate surface area is 252 Å². The van der Waals surface area contributed by atoms with E-state index in [1.165, 1.54) is 16.7 Å². The van der Waals surface area contributed by atoms with Crippen LogP contribution in [0.4, 0.5) is 0 Å². The molecule has 5 aromatic rings. The molecule has 1 aliphatic heterocycles. The lowest BCUT2D eigenvalue weighted by Gasteiger charge is -2.33. The summed E-state index contributed by atoms with van der Waals surface area (Å²) in [6, 6.07) is 16.8. The molecule has 2 aromatic heterocycles. The number of pyridine rings is 1. The predicted molar refractivity (Wildman–Crippen MR) is 168 cm³/mol. The number of aryl methyl sites for hydroxylation is 3. The Bertz CT molecular complexity index is 1840. The summed E-state index contributed by atoms with van der Waals surface area (Å²) in [5.74, 6) is -0.266. The Balaban J connectivity index is 1.40. The quantitative estimate of drug-likeness (QED) is 0.234. The molecule has 0 saturated heterocycles. The number of carboxylic acid groups (broad SMARTS) is 1. The lowest BCUT2D eigenvalue weighted by molar-refractivity contribution is -0.147. The van der Waals surface area contributed by atoms with Crippen LogP contribution >= 0.6 is 0 Å². The van der Waals surface area contributed by atoms with Crippen LogP contribution in [0.15, 0.2) is 60.9 Å². The van der Waals surface area contributed by atoms with Crippen LogP contribution in [0.1, 0.15) is 66.5 Å². The van der Waals surface area contributed by atoms with Gasteiger partial charge < -0.3 is 9.84 Å². The van der Waals surface area contributed by atoms with Crippen molar-refractivity contribution < 1.29 is 14.6 Å². The number of rotatable bonds is 7. The number of benzene rings is 3. The summed E-state index contributed by atoms with van der Waals surface area (Å²) in [6.07, 6.45) is 4.67. The molecule has 6 rings (SSSR count). The highest BCUT2D eigenvalue weighted by molar-refractivity contribution is 5.89. The molecule has 2 atom stereocenters. The van der Waals surface area contributed by atoms with Gasteiger partial charge in [0.25, 0.3) is 0 Å². The number of hydrogen-bond donors (Lipinski definition) is 1. The maximum atomic E-state index is 12.7. The molecule has 43 heavy (non-hydrogen) atoms. The third-order valence-electron chi connectivity index (χ3n) is 9.21. The van der Waals surface area contributed by atoms with Crippen LogP contribution in [0, 0.1) is 19.3 Å². The van der Waals surface area contributed by atoms with E-state index in [2.05, 4.69) is 64.4 Å². The van der Waals surface area contributed by atoms with Crippen LogP contribution in [0.25, 0.3) is 21.8 Å². The SMILES string of the molecule is CC[C@@H]1CN(Cc2cc(C(c3ccc4c(nnn4C)c3C)C(C)(C)C(=O)O)ccc2C)Cc2ccc3cnccc3c2O1. The van der Waals surface area contributed by atoms with Crippen LogP contribution in [0.2, 0.25) is 0 Å². The minimum atomic E-state index is -1.06. The molecule has 1 aliphatic rings. The van der Waals surface area contributed by atoms with Gasteiger partial charge in [0, 0.05) is 61.3 Å². The van der Waals surface area contributed by atoms with Gasteiger partial charge in [-0.1, -0.05) is 48.5 Å². The van der Waals surface area contributed by atoms with Crippen molar-refractivity contribution in [3.63, 3.8) is 0 Å². The Morgan fingerprint density at radius 3 is 2.72 bits per heavy atom. The number of aromatic nitrogens is 4. The van der Waals surface area contributed by atoms with Gasteiger partial charge in [0.15, 0.2) is 0 Å². The molecule has 3 aromatic carbocycles. The number of carbonyl (C=O) groups is 1. The average Bonchev–Trinajstić information content (AvgIpc) is 3.26. The number of ether oxygens (including phenoxy) is 1. The molecular weight excluding hydrogens is 538 g/mol. The molecule has 0 amide bonds. The second kappa shape index (κ2) is 11.1. The van der Waals surface area contributed by atoms with Crippen molar-refractivity contribution in [1.29, 1.82) is 0 Å². The van der Waals surface area contributed by atoms with Crippen LogP contribution in [-0.2, 0) is 24.9 Å². The van der Waals surface area contributed by atoms with Gasteiger partial charge >= 0.3 is 5.97 Å². The second-order valence-electron chi connectivity index (χ2n) is 12.5. The topological polar surface area (TPSA) is 93.4 Å². The fourth-order valence-electron chi connectivity index (χ4n) is 6.53. The van der Waals surface area contributed by atoms with Crippen molar-refractivity contribution >= 4 is 27.8 Å². The van der Waals surface area contributed by atoms with Gasteiger partial charge in [0.05, 0.1) is 10.9 Å². The molecule has 0 fully saturated rings. The zero-order chi connectivity index (χ0) is 30.5. The van der Waals surface area contributed by atoms with E-state index in [9.17, 15) is 9.90 Å². The second-order valence-corrected chi connectivity index (χ2v) is 12.5. The third kappa shape index (κ3) is 5.14. The lowest BCUT2D eigenvalue weighted by Crippen LogP contribution is -2.33. The summed E-state index contributed by atoms with van der Waals surface area (Å²) in [5, 5.41) is 21.2. The van der Waals surface area contributed by atoms with Gasteiger partial charge in [-0.25, -0.2) is 4.68 Å². The summed E-state index contributed by atoms with van der Waals surface area (Å²) in [6.45, 7) is 12.2. The van der Waals surface area contributed by atoms with Crippen molar-refractivity contribution in [2.24, 2.45) is 12.5 Å². The van der Waals surface area contributed by atoms with Crippen LogP contribution < -0.4 is 4.74 Å². The number of aliphatic carboxylic acids is 1. The molecule has 3 heterocycles. The van der Waals surface area contributed by atoms with Gasteiger partial charge in [0.1, 0.15) is 17.4 Å². The van der Waals surface area contributed by atoms with E-state index in [4.69, 9.17) is 4.74 Å². The van der Waals surface area contributed by atoms with Crippen LogP contribution in [0.3, 0.4) is 0 Å². The first-order chi connectivity index (χ1) is 20.6. The van der Waals surface area contributed by atoms with Crippen molar-refractivity contribution in [3.05, 3.63) is 94.3 Å². The summed E-state index contributed by atoms with van der Waals surface area (Å²) >= 11 is 0. The first kappa shape index (κ1) is 28.8. The average molecular weight is 578 g/mol. The molecular formula is C35H39N5O3. The Kier molecular flexibility index (Phi) is 7.42. The molecule has 0 bridgehead atoms. The first-order valence-corrected chi connectivity index (χ1v) is 14.9. The number of fused-ring (bicyclic) bond motifs is 4. The van der Waals surface area contributed by atoms with E-state index >= 15 is 0 Å². The molecule has 0 spiro atoms. The minimum absolute atomic E-state index is 0.0588. The summed E-state index contributed by atoms with van der Waals surface area (Å²) in [7, 11) is 1.87. The normalized spacial score (nSPS) is 16.6. The van der Waals surface area contributed by atoms with Gasteiger partial charge in [-0.05, 0) is 74.1 Å². The van der Waals surface area contributed by atoms with Gasteiger partial charge in [0.2, 0.25) is 0 Å². The molecule has 0 saturated carbocycles. The first-order valence-electron chi connectivity index (χ1n) is 14.9. The van der Waals surface area contributed by atoms with E-state index in [1.54, 1.807) is 4.68 Å².